The van der Waals surface area contributed by atoms with Crippen molar-refractivity contribution < 1.29 is 46.7 Å². The van der Waals surface area contributed by atoms with E-state index in [0.717, 1.165) is 32.1 Å². The fraction of sp³-hybridized carbons (Fsp3) is 0.920. The average Bonchev–Trinajstić information content (AvgIpc) is 2.70. The summed E-state index contributed by atoms with van der Waals surface area (Å²) in [5.41, 5.74) is 0. The largest absolute Gasteiger partial charge is 1.00 e. The maximum Gasteiger partial charge on any atom is 1.00 e. The first-order valence-electron chi connectivity index (χ1n) is 12.8. The molecule has 1 atom stereocenters. The van der Waals surface area contributed by atoms with E-state index in [1.165, 1.54) is 89.9 Å². The van der Waals surface area contributed by atoms with Crippen molar-refractivity contribution in [1.82, 2.24) is 0 Å². The van der Waals surface area contributed by atoms with Crippen molar-refractivity contribution >= 4 is 10.4 Å². The van der Waals surface area contributed by atoms with Crippen molar-refractivity contribution in [3.63, 3.8) is 0 Å². The Hall–Kier alpha value is 0.610. The van der Waals surface area contributed by atoms with Crippen LogP contribution in [0.25, 0.3) is 0 Å². The Labute approximate surface area is 216 Å². The van der Waals surface area contributed by atoms with E-state index < -0.39 is 10.4 Å². The summed E-state index contributed by atoms with van der Waals surface area (Å²) in [7, 11) is -4.60. The van der Waals surface area contributed by atoms with E-state index in [2.05, 4.69) is 24.1 Å². The first kappa shape index (κ1) is 33.8. The molecule has 31 heavy (non-hydrogen) atoms. The predicted molar refractivity (Wildman–Crippen MR) is 127 cm³/mol. The molecule has 0 heterocycles. The van der Waals surface area contributed by atoms with E-state index >= 15 is 0 Å². The van der Waals surface area contributed by atoms with Crippen LogP contribution >= 0.6 is 0 Å². The third-order valence-electron chi connectivity index (χ3n) is 5.74. The maximum atomic E-state index is 10.7. The van der Waals surface area contributed by atoms with Gasteiger partial charge in [-0.15, -0.1) is 0 Å². The maximum absolute atomic E-state index is 10.7. The molecule has 6 heteroatoms. The molecule has 0 rings (SSSR count). The van der Waals surface area contributed by atoms with Crippen molar-refractivity contribution in [3.8, 4) is 0 Å². The van der Waals surface area contributed by atoms with E-state index in [0.29, 0.717) is 0 Å². The summed E-state index contributed by atoms with van der Waals surface area (Å²) in [6.45, 7) is 4.39. The summed E-state index contributed by atoms with van der Waals surface area (Å²) in [6.07, 6.45) is 28.3. The van der Waals surface area contributed by atoms with E-state index in [-0.39, 0.29) is 42.1 Å². The Balaban J connectivity index is 0. The molecule has 0 spiro atoms. The predicted octanol–water partition coefficient (Wildman–Crippen LogP) is 5.09. The van der Waals surface area contributed by atoms with E-state index in [1.807, 2.05) is 6.08 Å². The fourth-order valence-corrected chi connectivity index (χ4v) is 4.14. The van der Waals surface area contributed by atoms with Crippen LogP contribution in [0.3, 0.4) is 0 Å². The summed E-state index contributed by atoms with van der Waals surface area (Å²) >= 11 is 0. The van der Waals surface area contributed by atoms with Gasteiger partial charge in [0.05, 0.1) is 6.61 Å². The molecule has 0 bridgehead atoms. The minimum atomic E-state index is -4.60. The molecule has 0 fully saturated rings. The number of hydrogen-bond acceptors (Lipinski definition) is 4. The van der Waals surface area contributed by atoms with Crippen molar-refractivity contribution in [3.05, 3.63) is 12.2 Å². The Morgan fingerprint density at radius 1 is 0.710 bits per heavy atom. The molecule has 0 aliphatic heterocycles. The Kier molecular flexibility index (Phi) is 27.5. The van der Waals surface area contributed by atoms with E-state index in [9.17, 15) is 13.0 Å². The van der Waals surface area contributed by atoms with Crippen LogP contribution in [0, 0.1) is 5.92 Å². The first-order valence-corrected chi connectivity index (χ1v) is 14.1. The average molecular weight is 469 g/mol. The molecular formula is C25H49NaO4S. The van der Waals surface area contributed by atoms with Crippen molar-refractivity contribution in [2.75, 3.05) is 6.61 Å². The van der Waals surface area contributed by atoms with Crippen molar-refractivity contribution in [2.45, 2.75) is 136 Å². The zero-order valence-corrected chi connectivity index (χ0v) is 23.7. The quantitative estimate of drug-likeness (QED) is 0.0689. The van der Waals surface area contributed by atoms with Crippen LogP contribution in [0.5, 0.6) is 0 Å². The molecule has 0 amide bonds. The smallest absolute Gasteiger partial charge is 0.726 e. The van der Waals surface area contributed by atoms with Gasteiger partial charge in [0.1, 0.15) is 0 Å². The Morgan fingerprint density at radius 2 is 1.13 bits per heavy atom. The summed E-state index contributed by atoms with van der Waals surface area (Å²) < 4.78 is 36.7. The van der Waals surface area contributed by atoms with Gasteiger partial charge in [-0.25, -0.2) is 8.42 Å². The van der Waals surface area contributed by atoms with Crippen molar-refractivity contribution in [1.29, 1.82) is 0 Å². The summed E-state index contributed by atoms with van der Waals surface area (Å²) in [5, 5.41) is 0. The molecule has 4 nitrogen and oxygen atoms in total. The van der Waals surface area contributed by atoms with Gasteiger partial charge < -0.3 is 4.55 Å². The second-order valence-corrected chi connectivity index (χ2v) is 9.81. The Morgan fingerprint density at radius 3 is 1.55 bits per heavy atom. The molecule has 0 aromatic carbocycles. The molecule has 1 unspecified atom stereocenters. The topological polar surface area (TPSA) is 66.4 Å². The molecule has 0 aliphatic rings. The molecule has 0 N–H and O–H groups in total. The van der Waals surface area contributed by atoms with Gasteiger partial charge in [-0.3, -0.25) is 4.18 Å². The summed E-state index contributed by atoms with van der Waals surface area (Å²) in [6, 6.07) is 0. The van der Waals surface area contributed by atoms with Crippen LogP contribution in [0.2, 0.25) is 0 Å². The fourth-order valence-electron chi connectivity index (χ4n) is 3.79. The number of hydrogen-bond donors (Lipinski definition) is 0. The van der Waals surface area contributed by atoms with Gasteiger partial charge in [0.25, 0.3) is 0 Å². The van der Waals surface area contributed by atoms with Gasteiger partial charge in [-0.2, -0.15) is 0 Å². The zero-order chi connectivity index (χ0) is 22.3. The summed E-state index contributed by atoms with van der Waals surface area (Å²) in [4.78, 5) is 0. The van der Waals surface area contributed by atoms with E-state index in [1.54, 1.807) is 0 Å². The molecule has 180 valence electrons. The van der Waals surface area contributed by atoms with Crippen LogP contribution in [-0.2, 0) is 14.6 Å². The van der Waals surface area contributed by atoms with Gasteiger partial charge >= 0.3 is 29.6 Å². The van der Waals surface area contributed by atoms with Crippen LogP contribution < -0.4 is 29.6 Å². The van der Waals surface area contributed by atoms with Crippen LogP contribution in [-0.4, -0.2) is 19.6 Å². The molecule has 0 aliphatic carbocycles. The van der Waals surface area contributed by atoms with Crippen LogP contribution in [0.4, 0.5) is 0 Å². The van der Waals surface area contributed by atoms with E-state index in [4.69, 9.17) is 0 Å². The van der Waals surface area contributed by atoms with Crippen LogP contribution in [0.1, 0.15) is 136 Å². The second-order valence-electron chi connectivity index (χ2n) is 8.76. The molecule has 0 aromatic rings. The standard InChI is InChI=1S/C25H50O4S.Na/c1-3-5-7-9-10-11-12-13-14-15-16-17-18-19-21-23-25(22-20-8-6-4-2)24-29-30(26,27)28;/h20,22,25H,3-19,21,23-24H2,1-2H3,(H,26,27,28);/q;+1/p-1/b22-20+;. The van der Waals surface area contributed by atoms with Gasteiger partial charge in [0.2, 0.25) is 10.4 Å². The monoisotopic (exact) mass is 468 g/mol. The minimum Gasteiger partial charge on any atom is -0.726 e. The Bertz CT molecular complexity index is 480. The van der Waals surface area contributed by atoms with Gasteiger partial charge in [0.15, 0.2) is 0 Å². The molecule has 0 saturated carbocycles. The van der Waals surface area contributed by atoms with Gasteiger partial charge in [-0.05, 0) is 12.8 Å². The molecule has 0 radical (unpaired) electrons. The van der Waals surface area contributed by atoms with Gasteiger partial charge in [0, 0.05) is 5.92 Å². The second kappa shape index (κ2) is 25.2. The third-order valence-corrected chi connectivity index (χ3v) is 6.16. The molecular weight excluding hydrogens is 419 g/mol. The van der Waals surface area contributed by atoms with Gasteiger partial charge in [-0.1, -0.05) is 135 Å². The first-order chi connectivity index (χ1) is 14.5. The summed E-state index contributed by atoms with van der Waals surface area (Å²) in [5.74, 6) is 0.0209. The number of allylic oxidation sites excluding steroid dienone is 1. The normalized spacial score (nSPS) is 12.9. The zero-order valence-electron chi connectivity index (χ0n) is 20.9. The molecule has 0 aromatic heterocycles. The van der Waals surface area contributed by atoms with Crippen LogP contribution in [0.15, 0.2) is 12.2 Å². The SMILES string of the molecule is CCCC/C=C/C(CCCCCCCCCCCCCCCCC)COS(=O)(=O)[O-].[Na+]. The van der Waals surface area contributed by atoms with Crippen molar-refractivity contribution in [2.24, 2.45) is 5.92 Å². The third kappa shape index (κ3) is 28.6. The minimum absolute atomic E-state index is 0. The number of unbranched alkanes of at least 4 members (excludes halogenated alkanes) is 16. The number of rotatable bonds is 23. The molecule has 0 saturated heterocycles.